The van der Waals surface area contributed by atoms with E-state index in [-0.39, 0.29) is 11.3 Å². The van der Waals surface area contributed by atoms with E-state index in [9.17, 15) is 9.18 Å². The van der Waals surface area contributed by atoms with Crippen LogP contribution in [-0.2, 0) is 6.42 Å². The van der Waals surface area contributed by atoms with Crippen molar-refractivity contribution in [2.75, 3.05) is 12.4 Å². The zero-order valence-electron chi connectivity index (χ0n) is 12.0. The van der Waals surface area contributed by atoms with Crippen molar-refractivity contribution in [2.45, 2.75) is 19.8 Å². The monoisotopic (exact) mass is 288 g/mol. The van der Waals surface area contributed by atoms with E-state index in [4.69, 9.17) is 5.41 Å². The number of benzene rings is 1. The van der Waals surface area contributed by atoms with Crippen LogP contribution in [0.4, 0.5) is 10.2 Å². The van der Waals surface area contributed by atoms with Gasteiger partial charge in [0.2, 0.25) is 0 Å². The minimum Gasteiger partial charge on any atom is -0.372 e. The molecule has 2 rings (SSSR count). The SMILES string of the molecule is CCCc1nc(NC)c(C=N)c(=O)n1-c1ccccc1F. The summed E-state index contributed by atoms with van der Waals surface area (Å²) in [6.45, 7) is 1.96. The van der Waals surface area contributed by atoms with Crippen molar-refractivity contribution < 1.29 is 4.39 Å². The first-order chi connectivity index (χ1) is 10.1. The van der Waals surface area contributed by atoms with Crippen molar-refractivity contribution in [3.8, 4) is 5.69 Å². The van der Waals surface area contributed by atoms with Crippen LogP contribution in [0.3, 0.4) is 0 Å². The molecule has 0 aliphatic rings. The van der Waals surface area contributed by atoms with Gasteiger partial charge in [-0.1, -0.05) is 19.1 Å². The molecule has 5 nitrogen and oxygen atoms in total. The number of nitrogens with zero attached hydrogens (tertiary/aromatic N) is 2. The molecule has 0 unspecified atom stereocenters. The van der Waals surface area contributed by atoms with Crippen LogP contribution >= 0.6 is 0 Å². The predicted molar refractivity (Wildman–Crippen MR) is 81.2 cm³/mol. The second-order valence-electron chi connectivity index (χ2n) is 4.53. The van der Waals surface area contributed by atoms with Crippen LogP contribution in [0.5, 0.6) is 0 Å². The number of anilines is 1. The quantitative estimate of drug-likeness (QED) is 0.830. The molecule has 110 valence electrons. The predicted octanol–water partition coefficient (Wildman–Crippen LogP) is 2.36. The summed E-state index contributed by atoms with van der Waals surface area (Å²) >= 11 is 0. The highest BCUT2D eigenvalue weighted by Gasteiger charge is 2.17. The fourth-order valence-electron chi connectivity index (χ4n) is 2.17. The molecule has 0 aliphatic heterocycles. The number of hydrogen-bond acceptors (Lipinski definition) is 4. The van der Waals surface area contributed by atoms with Crippen molar-refractivity contribution in [2.24, 2.45) is 0 Å². The average molecular weight is 288 g/mol. The highest BCUT2D eigenvalue weighted by molar-refractivity contribution is 5.83. The van der Waals surface area contributed by atoms with Gasteiger partial charge in [-0.2, -0.15) is 0 Å². The van der Waals surface area contributed by atoms with Crippen LogP contribution in [0.2, 0.25) is 0 Å². The number of aryl methyl sites for hydroxylation is 1. The Labute approximate surface area is 122 Å². The molecule has 0 atom stereocenters. The van der Waals surface area contributed by atoms with Crippen LogP contribution in [0.25, 0.3) is 5.69 Å². The largest absolute Gasteiger partial charge is 0.372 e. The van der Waals surface area contributed by atoms with Gasteiger partial charge >= 0.3 is 0 Å². The van der Waals surface area contributed by atoms with Gasteiger partial charge in [-0.05, 0) is 18.6 Å². The van der Waals surface area contributed by atoms with E-state index in [1.165, 1.54) is 16.7 Å². The fraction of sp³-hybridized carbons (Fsp3) is 0.267. The molecule has 0 bridgehead atoms. The summed E-state index contributed by atoms with van der Waals surface area (Å²) in [5, 5.41) is 10.2. The number of hydrogen-bond donors (Lipinski definition) is 2. The molecular formula is C15H17FN4O. The van der Waals surface area contributed by atoms with Gasteiger partial charge in [-0.3, -0.25) is 9.36 Å². The molecule has 1 aromatic heterocycles. The van der Waals surface area contributed by atoms with Gasteiger partial charge in [-0.15, -0.1) is 0 Å². The average Bonchev–Trinajstić information content (AvgIpc) is 2.48. The van der Waals surface area contributed by atoms with Gasteiger partial charge in [0.25, 0.3) is 5.56 Å². The van der Waals surface area contributed by atoms with Crippen molar-refractivity contribution in [3.63, 3.8) is 0 Å². The van der Waals surface area contributed by atoms with E-state index < -0.39 is 11.4 Å². The van der Waals surface area contributed by atoms with Crippen molar-refractivity contribution >= 4 is 12.0 Å². The molecule has 0 radical (unpaired) electrons. The minimum atomic E-state index is -0.494. The summed E-state index contributed by atoms with van der Waals surface area (Å²) < 4.78 is 15.3. The van der Waals surface area contributed by atoms with Crippen LogP contribution in [0.15, 0.2) is 29.1 Å². The maximum atomic E-state index is 14.0. The molecule has 0 aliphatic carbocycles. The lowest BCUT2D eigenvalue weighted by Crippen LogP contribution is -2.29. The summed E-state index contributed by atoms with van der Waals surface area (Å²) in [4.78, 5) is 17.0. The Hall–Kier alpha value is -2.50. The standard InChI is InChI=1S/C15H17FN4O/c1-3-6-13-19-14(18-2)10(9-17)15(21)20(13)12-8-5-4-7-11(12)16/h4-5,7-9,17-18H,3,6H2,1-2H3. The number of nitrogens with one attached hydrogen (secondary N) is 2. The summed E-state index contributed by atoms with van der Waals surface area (Å²) in [6.07, 6.45) is 2.25. The molecule has 6 heteroatoms. The van der Waals surface area contributed by atoms with Crippen molar-refractivity contribution in [1.29, 1.82) is 5.41 Å². The molecule has 0 fully saturated rings. The Morgan fingerprint density at radius 1 is 1.43 bits per heavy atom. The van der Waals surface area contributed by atoms with Crippen molar-refractivity contribution in [3.05, 3.63) is 51.8 Å². The first-order valence-electron chi connectivity index (χ1n) is 6.73. The lowest BCUT2D eigenvalue weighted by molar-refractivity contribution is 0.609. The smallest absolute Gasteiger partial charge is 0.269 e. The van der Waals surface area contributed by atoms with Gasteiger partial charge in [-0.25, -0.2) is 9.37 Å². The van der Waals surface area contributed by atoms with Crippen LogP contribution in [0.1, 0.15) is 24.7 Å². The Morgan fingerprint density at radius 3 is 2.71 bits per heavy atom. The van der Waals surface area contributed by atoms with E-state index in [2.05, 4.69) is 10.3 Å². The fourth-order valence-corrected chi connectivity index (χ4v) is 2.17. The molecule has 0 spiro atoms. The van der Waals surface area contributed by atoms with E-state index in [1.54, 1.807) is 19.2 Å². The van der Waals surface area contributed by atoms with E-state index in [0.717, 1.165) is 12.6 Å². The molecule has 2 N–H and O–H groups in total. The molecular weight excluding hydrogens is 271 g/mol. The Morgan fingerprint density at radius 2 is 2.14 bits per heavy atom. The topological polar surface area (TPSA) is 70.8 Å². The highest BCUT2D eigenvalue weighted by Crippen LogP contribution is 2.16. The normalized spacial score (nSPS) is 10.4. The van der Waals surface area contributed by atoms with Crippen molar-refractivity contribution in [1.82, 2.24) is 9.55 Å². The lowest BCUT2D eigenvalue weighted by Gasteiger charge is -2.15. The zero-order chi connectivity index (χ0) is 15.4. The third-order valence-electron chi connectivity index (χ3n) is 3.14. The molecule has 1 heterocycles. The molecule has 0 saturated heterocycles. The third-order valence-corrected chi connectivity index (χ3v) is 3.14. The number of para-hydroxylation sites is 1. The van der Waals surface area contributed by atoms with E-state index in [1.807, 2.05) is 6.92 Å². The number of aromatic nitrogens is 2. The second kappa shape index (κ2) is 6.30. The van der Waals surface area contributed by atoms with Gasteiger partial charge in [0, 0.05) is 19.7 Å². The summed E-state index contributed by atoms with van der Waals surface area (Å²) in [7, 11) is 1.64. The highest BCUT2D eigenvalue weighted by atomic mass is 19.1. The van der Waals surface area contributed by atoms with Gasteiger partial charge in [0.05, 0.1) is 5.69 Å². The van der Waals surface area contributed by atoms with Crippen LogP contribution in [0, 0.1) is 11.2 Å². The first-order valence-corrected chi connectivity index (χ1v) is 6.73. The van der Waals surface area contributed by atoms with E-state index >= 15 is 0 Å². The number of halogens is 1. The van der Waals surface area contributed by atoms with Crippen LogP contribution in [-0.4, -0.2) is 22.8 Å². The summed E-state index contributed by atoms with van der Waals surface area (Å²) in [6, 6.07) is 6.06. The van der Waals surface area contributed by atoms with Gasteiger partial charge in [0.1, 0.15) is 23.0 Å². The van der Waals surface area contributed by atoms with E-state index in [0.29, 0.717) is 18.1 Å². The molecule has 0 saturated carbocycles. The van der Waals surface area contributed by atoms with Gasteiger partial charge < -0.3 is 10.7 Å². The first kappa shape index (κ1) is 14.9. The lowest BCUT2D eigenvalue weighted by atomic mass is 10.2. The molecule has 21 heavy (non-hydrogen) atoms. The Bertz CT molecular complexity index is 724. The summed E-state index contributed by atoms with van der Waals surface area (Å²) in [5.74, 6) is 0.320. The van der Waals surface area contributed by atoms with Gasteiger partial charge in [0.15, 0.2) is 0 Å². The molecule has 0 amide bonds. The number of rotatable bonds is 5. The molecule has 2 aromatic rings. The van der Waals surface area contributed by atoms with Crippen LogP contribution < -0.4 is 10.9 Å². The maximum Gasteiger partial charge on any atom is 0.269 e. The second-order valence-corrected chi connectivity index (χ2v) is 4.53. The Balaban J connectivity index is 2.83. The zero-order valence-corrected chi connectivity index (χ0v) is 12.0. The molecule has 1 aromatic carbocycles. The summed E-state index contributed by atoms with van der Waals surface area (Å²) in [5.41, 5.74) is -0.178. The maximum absolute atomic E-state index is 14.0. The Kier molecular flexibility index (Phi) is 4.47. The third kappa shape index (κ3) is 2.69. The minimum absolute atomic E-state index is 0.112.